The molecule has 2 unspecified atom stereocenters. The number of hydrogen-bond acceptors (Lipinski definition) is 5. The molecule has 2 aliphatic rings. The van der Waals surface area contributed by atoms with Crippen LogP contribution in [0.2, 0.25) is 0 Å². The Morgan fingerprint density at radius 2 is 1.74 bits per heavy atom. The lowest BCUT2D eigenvalue weighted by molar-refractivity contribution is 0.210. The Kier molecular flexibility index (Phi) is 5.95. The Bertz CT molecular complexity index is 1180. The number of nitrogens with zero attached hydrogens (tertiary/aromatic N) is 7. The largest absolute Gasteiger partial charge is 0.311 e. The Labute approximate surface area is 200 Å². The molecular weight excluding hydrogens is 422 g/mol. The maximum Gasteiger partial charge on any atom is 0.155 e. The molecule has 0 bridgehead atoms. The van der Waals surface area contributed by atoms with Gasteiger partial charge in [-0.2, -0.15) is 5.10 Å². The molecule has 174 valence electrons. The fourth-order valence-electron chi connectivity index (χ4n) is 5.54. The predicted octanol–water partition coefficient (Wildman–Crippen LogP) is 3.77. The van der Waals surface area contributed by atoms with Crippen LogP contribution < -0.4 is 0 Å². The quantitative estimate of drug-likeness (QED) is 0.426. The van der Waals surface area contributed by atoms with Gasteiger partial charge in [-0.05, 0) is 61.7 Å². The van der Waals surface area contributed by atoms with Crippen LogP contribution in [0.4, 0.5) is 0 Å². The minimum Gasteiger partial charge on any atom is -0.311 e. The lowest BCUT2D eigenvalue weighted by Gasteiger charge is -2.29. The molecule has 0 aliphatic carbocycles. The Balaban J connectivity index is 1.32. The standard InChI is InChI=1S/C27H31N7/c1-2-7-22(8-3-1)19-33-21-28-30-27(33)26(32-18-13-25(20-32)31-15-4-5-16-31)23-9-11-24(12-10-23)34-17-6-14-29-34/h1-3,6-12,14,17,21,25-26H,4-5,13,15-16,18-20H2. The van der Waals surface area contributed by atoms with E-state index in [1.165, 1.54) is 43.5 Å². The van der Waals surface area contributed by atoms with Gasteiger partial charge in [0.05, 0.1) is 18.3 Å². The molecule has 4 heterocycles. The van der Waals surface area contributed by atoms with Crippen molar-refractivity contribution < 1.29 is 0 Å². The summed E-state index contributed by atoms with van der Waals surface area (Å²) in [6.45, 7) is 5.40. The smallest absolute Gasteiger partial charge is 0.155 e. The predicted molar refractivity (Wildman–Crippen MR) is 132 cm³/mol. The topological polar surface area (TPSA) is 55.0 Å². The fraction of sp³-hybridized carbons (Fsp3) is 0.370. The van der Waals surface area contributed by atoms with Crippen molar-refractivity contribution in [3.8, 4) is 5.69 Å². The molecule has 4 aromatic rings. The fourth-order valence-corrected chi connectivity index (χ4v) is 5.54. The molecule has 2 aromatic carbocycles. The Morgan fingerprint density at radius 3 is 2.50 bits per heavy atom. The minimum atomic E-state index is 0.0745. The second-order valence-corrected chi connectivity index (χ2v) is 9.43. The van der Waals surface area contributed by atoms with Crippen LogP contribution in [0.3, 0.4) is 0 Å². The summed E-state index contributed by atoms with van der Waals surface area (Å²) in [5, 5.41) is 13.4. The van der Waals surface area contributed by atoms with Crippen molar-refractivity contribution in [2.24, 2.45) is 0 Å². The van der Waals surface area contributed by atoms with Crippen LogP contribution in [0.25, 0.3) is 5.69 Å². The molecule has 2 atom stereocenters. The van der Waals surface area contributed by atoms with Gasteiger partial charge in [-0.3, -0.25) is 9.80 Å². The molecule has 7 nitrogen and oxygen atoms in total. The number of benzene rings is 2. The number of hydrogen-bond donors (Lipinski definition) is 0. The highest BCUT2D eigenvalue weighted by molar-refractivity contribution is 5.37. The second kappa shape index (κ2) is 9.52. The Morgan fingerprint density at radius 1 is 0.912 bits per heavy atom. The van der Waals surface area contributed by atoms with Crippen LogP contribution in [0.1, 0.15) is 42.3 Å². The van der Waals surface area contributed by atoms with Crippen LogP contribution in [0.15, 0.2) is 79.4 Å². The van der Waals surface area contributed by atoms with Gasteiger partial charge in [0.25, 0.3) is 0 Å². The van der Waals surface area contributed by atoms with E-state index in [9.17, 15) is 0 Å². The molecule has 0 amide bonds. The van der Waals surface area contributed by atoms with E-state index < -0.39 is 0 Å². The maximum atomic E-state index is 4.67. The van der Waals surface area contributed by atoms with Crippen molar-refractivity contribution in [1.82, 2.24) is 34.3 Å². The van der Waals surface area contributed by atoms with Gasteiger partial charge >= 0.3 is 0 Å². The first-order chi connectivity index (χ1) is 16.8. The SMILES string of the molecule is c1ccc(Cn2cnnc2C(c2ccc(-n3cccn3)cc2)N2CCC(N3CCCC3)C2)cc1. The van der Waals surface area contributed by atoms with Crippen molar-refractivity contribution in [3.05, 3.63) is 96.3 Å². The van der Waals surface area contributed by atoms with Crippen molar-refractivity contribution in [1.29, 1.82) is 0 Å². The van der Waals surface area contributed by atoms with Crippen LogP contribution >= 0.6 is 0 Å². The number of aromatic nitrogens is 5. The molecule has 7 heteroatoms. The van der Waals surface area contributed by atoms with Crippen LogP contribution in [-0.2, 0) is 6.54 Å². The first kappa shape index (κ1) is 21.3. The highest BCUT2D eigenvalue weighted by atomic mass is 15.3. The molecular formula is C27H31N7. The zero-order valence-electron chi connectivity index (χ0n) is 19.4. The lowest BCUT2D eigenvalue weighted by atomic mass is 10.0. The molecule has 0 radical (unpaired) electrons. The number of rotatable bonds is 7. The molecule has 34 heavy (non-hydrogen) atoms. The second-order valence-electron chi connectivity index (χ2n) is 9.43. The van der Waals surface area contributed by atoms with E-state index in [0.29, 0.717) is 6.04 Å². The van der Waals surface area contributed by atoms with E-state index in [1.807, 2.05) is 29.5 Å². The maximum absolute atomic E-state index is 4.67. The lowest BCUT2D eigenvalue weighted by Crippen LogP contribution is -2.37. The van der Waals surface area contributed by atoms with Gasteiger partial charge in [0, 0.05) is 31.5 Å². The van der Waals surface area contributed by atoms with Gasteiger partial charge in [0.2, 0.25) is 0 Å². The van der Waals surface area contributed by atoms with E-state index in [0.717, 1.165) is 31.1 Å². The third-order valence-corrected chi connectivity index (χ3v) is 7.28. The summed E-state index contributed by atoms with van der Waals surface area (Å²) in [5.74, 6) is 1.01. The highest BCUT2D eigenvalue weighted by Gasteiger charge is 2.36. The molecule has 2 aromatic heterocycles. The van der Waals surface area contributed by atoms with Gasteiger partial charge in [-0.1, -0.05) is 42.5 Å². The normalized spacial score (nSPS) is 20.2. The molecule has 0 N–H and O–H groups in total. The van der Waals surface area contributed by atoms with E-state index in [2.05, 4.69) is 84.3 Å². The van der Waals surface area contributed by atoms with Crippen LogP contribution in [0, 0.1) is 0 Å². The van der Waals surface area contributed by atoms with Gasteiger partial charge in [-0.25, -0.2) is 4.68 Å². The summed E-state index contributed by atoms with van der Waals surface area (Å²) in [7, 11) is 0. The van der Waals surface area contributed by atoms with Gasteiger partial charge in [0.1, 0.15) is 6.33 Å². The van der Waals surface area contributed by atoms with E-state index >= 15 is 0 Å². The van der Waals surface area contributed by atoms with E-state index in [-0.39, 0.29) is 6.04 Å². The van der Waals surface area contributed by atoms with Gasteiger partial charge in [-0.15, -0.1) is 10.2 Å². The number of likely N-dealkylation sites (tertiary alicyclic amines) is 2. The summed E-state index contributed by atoms with van der Waals surface area (Å²) in [5.41, 5.74) is 3.57. The molecule has 0 saturated carbocycles. The van der Waals surface area contributed by atoms with E-state index in [4.69, 9.17) is 0 Å². The zero-order valence-corrected chi connectivity index (χ0v) is 19.4. The third-order valence-electron chi connectivity index (χ3n) is 7.28. The zero-order chi connectivity index (χ0) is 22.7. The monoisotopic (exact) mass is 453 g/mol. The molecule has 2 aliphatic heterocycles. The highest BCUT2D eigenvalue weighted by Crippen LogP contribution is 2.33. The minimum absolute atomic E-state index is 0.0745. The first-order valence-electron chi connectivity index (χ1n) is 12.3. The Hall–Kier alpha value is -3.29. The van der Waals surface area contributed by atoms with Crippen molar-refractivity contribution in [2.75, 3.05) is 26.2 Å². The van der Waals surface area contributed by atoms with Crippen molar-refractivity contribution in [2.45, 2.75) is 37.9 Å². The average Bonchev–Trinajstić information content (AvgIpc) is 3.69. The first-order valence-corrected chi connectivity index (χ1v) is 12.3. The van der Waals surface area contributed by atoms with Gasteiger partial charge in [0.15, 0.2) is 5.82 Å². The van der Waals surface area contributed by atoms with E-state index in [1.54, 1.807) is 0 Å². The molecule has 0 spiro atoms. The molecule has 2 fully saturated rings. The van der Waals surface area contributed by atoms with Crippen LogP contribution in [-0.4, -0.2) is 66.6 Å². The molecule has 2 saturated heterocycles. The summed E-state index contributed by atoms with van der Waals surface area (Å²) < 4.78 is 4.11. The third kappa shape index (κ3) is 4.29. The average molecular weight is 454 g/mol. The van der Waals surface area contributed by atoms with Crippen molar-refractivity contribution in [3.63, 3.8) is 0 Å². The van der Waals surface area contributed by atoms with Gasteiger partial charge < -0.3 is 4.57 Å². The van der Waals surface area contributed by atoms with Crippen LogP contribution in [0.5, 0.6) is 0 Å². The summed E-state index contributed by atoms with van der Waals surface area (Å²) in [4.78, 5) is 5.30. The summed E-state index contributed by atoms with van der Waals surface area (Å²) in [6.07, 6.45) is 9.55. The summed E-state index contributed by atoms with van der Waals surface area (Å²) in [6, 6.07) is 22.0. The molecule has 6 rings (SSSR count). The van der Waals surface area contributed by atoms with Crippen molar-refractivity contribution >= 4 is 0 Å². The summed E-state index contributed by atoms with van der Waals surface area (Å²) >= 11 is 0.